The number of hydrogen-bond acceptors (Lipinski definition) is 3. The van der Waals surface area contributed by atoms with Crippen LogP contribution in [-0.2, 0) is 4.74 Å². The van der Waals surface area contributed by atoms with Gasteiger partial charge in [0.25, 0.3) is 0 Å². The van der Waals surface area contributed by atoms with Gasteiger partial charge < -0.3 is 15.2 Å². The first kappa shape index (κ1) is 14.0. The maximum atomic E-state index is 10.7. The molecule has 104 valence electrons. The van der Waals surface area contributed by atoms with Crippen LogP contribution in [0.4, 0.5) is 0 Å². The molecule has 2 N–H and O–H groups in total. The van der Waals surface area contributed by atoms with E-state index in [9.17, 15) is 5.11 Å². The van der Waals surface area contributed by atoms with Crippen LogP contribution in [0.2, 0.25) is 0 Å². The van der Waals surface area contributed by atoms with Gasteiger partial charge in [-0.3, -0.25) is 0 Å². The second kappa shape index (κ2) is 6.69. The Balaban J connectivity index is 1.66. The van der Waals surface area contributed by atoms with Gasteiger partial charge in [0.05, 0.1) is 18.8 Å². The SMILES string of the molecule is C=CCCCCCCC1(O)CC2COCC(C1)N2. The third-order valence-electron chi connectivity index (χ3n) is 4.16. The van der Waals surface area contributed by atoms with Crippen molar-refractivity contribution in [3.8, 4) is 0 Å². The zero-order valence-corrected chi connectivity index (χ0v) is 11.4. The fourth-order valence-corrected chi connectivity index (χ4v) is 3.32. The van der Waals surface area contributed by atoms with Crippen molar-refractivity contribution in [1.29, 1.82) is 0 Å². The molecule has 2 aliphatic heterocycles. The van der Waals surface area contributed by atoms with Gasteiger partial charge in [0.15, 0.2) is 0 Å². The number of unbranched alkanes of at least 4 members (excludes halogenated alkanes) is 4. The van der Waals surface area contributed by atoms with E-state index in [1.807, 2.05) is 6.08 Å². The second-order valence-corrected chi connectivity index (χ2v) is 5.97. The van der Waals surface area contributed by atoms with E-state index in [4.69, 9.17) is 4.74 Å². The third kappa shape index (κ3) is 4.08. The summed E-state index contributed by atoms with van der Waals surface area (Å²) < 4.78 is 5.52. The number of allylic oxidation sites excluding steroid dienone is 1. The Hall–Kier alpha value is -0.380. The molecule has 2 saturated heterocycles. The Kier molecular flexibility index (Phi) is 5.22. The molecule has 3 nitrogen and oxygen atoms in total. The highest BCUT2D eigenvalue weighted by atomic mass is 16.5. The van der Waals surface area contributed by atoms with Crippen molar-refractivity contribution >= 4 is 0 Å². The van der Waals surface area contributed by atoms with Crippen molar-refractivity contribution in [2.24, 2.45) is 0 Å². The van der Waals surface area contributed by atoms with E-state index in [2.05, 4.69) is 11.9 Å². The summed E-state index contributed by atoms with van der Waals surface area (Å²) in [5.41, 5.74) is -0.442. The van der Waals surface area contributed by atoms with Gasteiger partial charge in [0.1, 0.15) is 0 Å². The van der Waals surface area contributed by atoms with Crippen LogP contribution < -0.4 is 5.32 Å². The maximum Gasteiger partial charge on any atom is 0.0679 e. The third-order valence-corrected chi connectivity index (χ3v) is 4.16. The molecule has 2 heterocycles. The van der Waals surface area contributed by atoms with Crippen LogP contribution in [-0.4, -0.2) is 36.0 Å². The monoisotopic (exact) mass is 253 g/mol. The standard InChI is InChI=1S/C15H27NO2/c1-2-3-4-5-6-7-8-15(17)9-13-11-18-12-14(10-15)16-13/h2,13-14,16-17H,1,3-12H2. The van der Waals surface area contributed by atoms with Crippen molar-refractivity contribution in [2.75, 3.05) is 13.2 Å². The van der Waals surface area contributed by atoms with Gasteiger partial charge in [0.2, 0.25) is 0 Å². The minimum atomic E-state index is -0.442. The summed E-state index contributed by atoms with van der Waals surface area (Å²) in [6, 6.07) is 0.728. The molecule has 0 aliphatic carbocycles. The quantitative estimate of drug-likeness (QED) is 0.541. The predicted octanol–water partition coefficient (Wildman–Crippen LogP) is 2.39. The van der Waals surface area contributed by atoms with Crippen LogP contribution in [0.5, 0.6) is 0 Å². The first-order valence-corrected chi connectivity index (χ1v) is 7.39. The summed E-state index contributed by atoms with van der Waals surface area (Å²) in [6.45, 7) is 5.26. The molecule has 2 aliphatic rings. The summed E-state index contributed by atoms with van der Waals surface area (Å²) in [6.07, 6.45) is 10.7. The summed E-state index contributed by atoms with van der Waals surface area (Å²) in [5, 5.41) is 14.2. The number of nitrogens with one attached hydrogen (secondary N) is 1. The van der Waals surface area contributed by atoms with E-state index < -0.39 is 5.60 Å². The fraction of sp³-hybridized carbons (Fsp3) is 0.867. The van der Waals surface area contributed by atoms with E-state index in [1.165, 1.54) is 19.3 Å². The fourth-order valence-electron chi connectivity index (χ4n) is 3.32. The summed E-state index contributed by atoms with van der Waals surface area (Å²) in [5.74, 6) is 0. The van der Waals surface area contributed by atoms with Gasteiger partial charge in [-0.2, -0.15) is 0 Å². The van der Waals surface area contributed by atoms with Gasteiger partial charge in [-0.15, -0.1) is 6.58 Å². The molecule has 3 heteroatoms. The number of aliphatic hydroxyl groups is 1. The second-order valence-electron chi connectivity index (χ2n) is 5.97. The van der Waals surface area contributed by atoms with Crippen molar-refractivity contribution < 1.29 is 9.84 Å². The lowest BCUT2D eigenvalue weighted by molar-refractivity contribution is -0.0808. The van der Waals surface area contributed by atoms with E-state index >= 15 is 0 Å². The molecule has 0 aromatic rings. The first-order chi connectivity index (χ1) is 8.72. The van der Waals surface area contributed by atoms with Gasteiger partial charge in [-0.05, 0) is 32.1 Å². The molecule has 0 aromatic heterocycles. The smallest absolute Gasteiger partial charge is 0.0679 e. The van der Waals surface area contributed by atoms with Crippen LogP contribution in [0, 0.1) is 0 Å². The number of piperidine rings is 1. The minimum Gasteiger partial charge on any atom is -0.390 e. The average molecular weight is 253 g/mol. The maximum absolute atomic E-state index is 10.7. The molecule has 2 atom stereocenters. The van der Waals surface area contributed by atoms with E-state index in [-0.39, 0.29) is 0 Å². The number of rotatable bonds is 7. The molecule has 18 heavy (non-hydrogen) atoms. The zero-order valence-electron chi connectivity index (χ0n) is 11.4. The molecule has 2 fully saturated rings. The van der Waals surface area contributed by atoms with Gasteiger partial charge in [-0.25, -0.2) is 0 Å². The number of hydrogen-bond donors (Lipinski definition) is 2. The van der Waals surface area contributed by atoms with Crippen LogP contribution >= 0.6 is 0 Å². The highest BCUT2D eigenvalue weighted by Gasteiger charge is 2.40. The molecule has 0 amide bonds. The summed E-state index contributed by atoms with van der Waals surface area (Å²) >= 11 is 0. The Morgan fingerprint density at radius 1 is 1.17 bits per heavy atom. The highest BCUT2D eigenvalue weighted by Crippen LogP contribution is 2.32. The number of morpholine rings is 1. The van der Waals surface area contributed by atoms with Crippen LogP contribution in [0.25, 0.3) is 0 Å². The minimum absolute atomic E-state index is 0.364. The first-order valence-electron chi connectivity index (χ1n) is 7.39. The van der Waals surface area contributed by atoms with Crippen LogP contribution in [0.15, 0.2) is 12.7 Å². The van der Waals surface area contributed by atoms with Crippen LogP contribution in [0.3, 0.4) is 0 Å². The molecule has 2 unspecified atom stereocenters. The normalized spacial score (nSPS) is 35.4. The van der Waals surface area contributed by atoms with E-state index in [0.29, 0.717) is 12.1 Å². The molecular formula is C15H27NO2. The molecule has 0 saturated carbocycles. The van der Waals surface area contributed by atoms with Gasteiger partial charge >= 0.3 is 0 Å². The molecule has 0 radical (unpaired) electrons. The lowest BCUT2D eigenvalue weighted by Gasteiger charge is -2.45. The molecule has 0 aromatic carbocycles. The zero-order chi connectivity index (χ0) is 12.8. The lowest BCUT2D eigenvalue weighted by Crippen LogP contribution is -2.59. The average Bonchev–Trinajstić information content (AvgIpc) is 2.33. The molecule has 2 bridgehead atoms. The van der Waals surface area contributed by atoms with Crippen LogP contribution in [0.1, 0.15) is 51.4 Å². The Labute approximate surface area is 111 Å². The van der Waals surface area contributed by atoms with E-state index in [0.717, 1.165) is 45.3 Å². The molecule has 2 rings (SSSR count). The van der Waals surface area contributed by atoms with Crippen molar-refractivity contribution in [1.82, 2.24) is 5.32 Å². The van der Waals surface area contributed by atoms with Gasteiger partial charge in [0, 0.05) is 12.1 Å². The Morgan fingerprint density at radius 3 is 2.50 bits per heavy atom. The Bertz CT molecular complexity index is 255. The lowest BCUT2D eigenvalue weighted by atomic mass is 9.79. The molecule has 0 spiro atoms. The number of ether oxygens (including phenoxy) is 1. The highest BCUT2D eigenvalue weighted by molar-refractivity contribution is 4.97. The van der Waals surface area contributed by atoms with Crippen molar-refractivity contribution in [2.45, 2.75) is 69.1 Å². The molecular weight excluding hydrogens is 226 g/mol. The predicted molar refractivity (Wildman–Crippen MR) is 73.6 cm³/mol. The largest absolute Gasteiger partial charge is 0.390 e. The topological polar surface area (TPSA) is 41.5 Å². The van der Waals surface area contributed by atoms with Gasteiger partial charge in [-0.1, -0.05) is 25.3 Å². The summed E-state index contributed by atoms with van der Waals surface area (Å²) in [7, 11) is 0. The van der Waals surface area contributed by atoms with E-state index in [1.54, 1.807) is 0 Å². The van der Waals surface area contributed by atoms with Crippen molar-refractivity contribution in [3.63, 3.8) is 0 Å². The van der Waals surface area contributed by atoms with Crippen molar-refractivity contribution in [3.05, 3.63) is 12.7 Å². The number of fused-ring (bicyclic) bond motifs is 2. The summed E-state index contributed by atoms with van der Waals surface area (Å²) in [4.78, 5) is 0. The Morgan fingerprint density at radius 2 is 1.83 bits per heavy atom.